The zero-order valence-corrected chi connectivity index (χ0v) is 16.5. The number of thiazole rings is 1. The van der Waals surface area contributed by atoms with Gasteiger partial charge in [0.1, 0.15) is 10.8 Å². The summed E-state index contributed by atoms with van der Waals surface area (Å²) in [5, 5.41) is 4.19. The van der Waals surface area contributed by atoms with Crippen LogP contribution in [0.5, 0.6) is 5.75 Å². The summed E-state index contributed by atoms with van der Waals surface area (Å²) < 4.78 is 6.32. The van der Waals surface area contributed by atoms with Crippen molar-refractivity contribution in [3.05, 3.63) is 77.9 Å². The third-order valence-electron chi connectivity index (χ3n) is 4.54. The van der Waals surface area contributed by atoms with Gasteiger partial charge in [-0.2, -0.15) is 0 Å². The number of hydrogen-bond donors (Lipinski definition) is 1. The Hall–Kier alpha value is -3.18. The lowest BCUT2D eigenvalue weighted by Gasteiger charge is -2.07. The van der Waals surface area contributed by atoms with E-state index >= 15 is 0 Å². The van der Waals surface area contributed by atoms with E-state index in [1.165, 1.54) is 10.3 Å². The minimum absolute atomic E-state index is 0.0354. The third kappa shape index (κ3) is 3.89. The van der Waals surface area contributed by atoms with Crippen LogP contribution in [0.2, 0.25) is 0 Å². The van der Waals surface area contributed by atoms with Crippen LogP contribution in [-0.4, -0.2) is 24.4 Å². The number of nitrogens with one attached hydrogen (secondary N) is 1. The average molecular weight is 388 g/mol. The Labute approximate surface area is 167 Å². The number of ketones is 1. The van der Waals surface area contributed by atoms with Crippen molar-refractivity contribution in [1.29, 1.82) is 0 Å². The molecule has 0 bridgehead atoms. The number of ether oxygens (including phenoxy) is 1. The summed E-state index contributed by atoms with van der Waals surface area (Å²) in [6, 6.07) is 21.5. The molecular formula is C23H20N2O2S. The van der Waals surface area contributed by atoms with Crippen molar-refractivity contribution in [2.45, 2.75) is 6.92 Å². The van der Waals surface area contributed by atoms with Gasteiger partial charge >= 0.3 is 0 Å². The van der Waals surface area contributed by atoms with Crippen LogP contribution in [-0.2, 0) is 0 Å². The minimum atomic E-state index is 0.0354. The quantitative estimate of drug-likeness (QED) is 0.438. The molecule has 28 heavy (non-hydrogen) atoms. The number of carbonyl (C=O) groups excluding carboxylic acids is 1. The molecule has 0 amide bonds. The highest BCUT2D eigenvalue weighted by Gasteiger charge is 2.08. The lowest BCUT2D eigenvalue weighted by molar-refractivity contribution is 0.101. The van der Waals surface area contributed by atoms with Crippen LogP contribution in [0, 0.1) is 6.92 Å². The van der Waals surface area contributed by atoms with E-state index in [4.69, 9.17) is 9.72 Å². The lowest BCUT2D eigenvalue weighted by Crippen LogP contribution is -2.13. The van der Waals surface area contributed by atoms with Gasteiger partial charge in [0.25, 0.3) is 0 Å². The van der Waals surface area contributed by atoms with E-state index in [9.17, 15) is 4.79 Å². The summed E-state index contributed by atoms with van der Waals surface area (Å²) in [5.41, 5.74) is 4.91. The number of benzene rings is 3. The molecule has 4 rings (SSSR count). The molecule has 3 aromatic carbocycles. The van der Waals surface area contributed by atoms with E-state index < -0.39 is 0 Å². The molecule has 0 aliphatic heterocycles. The maximum absolute atomic E-state index is 12.3. The average Bonchev–Trinajstić information content (AvgIpc) is 3.15. The molecule has 0 saturated carbocycles. The highest BCUT2D eigenvalue weighted by Crippen LogP contribution is 2.31. The van der Waals surface area contributed by atoms with Gasteiger partial charge in [-0.1, -0.05) is 6.07 Å². The molecule has 140 valence electrons. The standard InChI is InChI=1S/C23H20N2O2S/c1-15-3-12-20-22(13-15)28-23(25-20)17-4-8-18(9-5-17)24-14-21(26)16-6-10-19(27-2)11-7-16/h3-13,24H,14H2,1-2H3. The summed E-state index contributed by atoms with van der Waals surface area (Å²) in [7, 11) is 1.61. The van der Waals surface area contributed by atoms with Crippen molar-refractivity contribution in [2.75, 3.05) is 19.0 Å². The minimum Gasteiger partial charge on any atom is -0.497 e. The van der Waals surface area contributed by atoms with E-state index in [1.54, 1.807) is 42.7 Å². The van der Waals surface area contributed by atoms with Gasteiger partial charge in [-0.15, -0.1) is 11.3 Å². The topological polar surface area (TPSA) is 51.2 Å². The van der Waals surface area contributed by atoms with Crippen molar-refractivity contribution in [2.24, 2.45) is 0 Å². The van der Waals surface area contributed by atoms with E-state index in [1.807, 2.05) is 24.3 Å². The maximum Gasteiger partial charge on any atom is 0.181 e. The second kappa shape index (κ2) is 7.82. The number of nitrogens with zero attached hydrogens (tertiary/aromatic N) is 1. The van der Waals surface area contributed by atoms with Crippen LogP contribution in [0.25, 0.3) is 20.8 Å². The van der Waals surface area contributed by atoms with Crippen LogP contribution in [0.3, 0.4) is 0 Å². The fraction of sp³-hybridized carbons (Fsp3) is 0.130. The van der Waals surface area contributed by atoms with Crippen LogP contribution < -0.4 is 10.1 Å². The summed E-state index contributed by atoms with van der Waals surface area (Å²) in [5.74, 6) is 0.776. The largest absolute Gasteiger partial charge is 0.497 e. The zero-order valence-electron chi connectivity index (χ0n) is 15.7. The Morgan fingerprint density at radius 3 is 2.50 bits per heavy atom. The van der Waals surface area contributed by atoms with Gasteiger partial charge < -0.3 is 10.1 Å². The first-order chi connectivity index (χ1) is 13.6. The van der Waals surface area contributed by atoms with Crippen LogP contribution in [0.15, 0.2) is 66.7 Å². The van der Waals surface area contributed by atoms with Gasteiger partial charge in [-0.25, -0.2) is 4.98 Å². The molecule has 1 heterocycles. The second-order valence-corrected chi connectivity index (χ2v) is 7.60. The second-order valence-electron chi connectivity index (χ2n) is 6.57. The molecule has 0 saturated heterocycles. The number of carbonyl (C=O) groups is 1. The van der Waals surface area contributed by atoms with Crippen molar-refractivity contribution in [3.8, 4) is 16.3 Å². The Kier molecular flexibility index (Phi) is 5.08. The van der Waals surface area contributed by atoms with Crippen LogP contribution in [0.4, 0.5) is 5.69 Å². The van der Waals surface area contributed by atoms with Crippen molar-refractivity contribution < 1.29 is 9.53 Å². The van der Waals surface area contributed by atoms with Crippen LogP contribution >= 0.6 is 11.3 Å². The first-order valence-electron chi connectivity index (χ1n) is 9.01. The Bertz CT molecular complexity index is 1120. The molecule has 5 heteroatoms. The molecule has 0 fully saturated rings. The first-order valence-corrected chi connectivity index (χ1v) is 9.83. The first kappa shape index (κ1) is 18.2. The van der Waals surface area contributed by atoms with Gasteiger partial charge in [0.15, 0.2) is 5.78 Å². The lowest BCUT2D eigenvalue weighted by atomic mass is 10.1. The molecule has 1 aromatic heterocycles. The predicted octanol–water partition coefficient (Wildman–Crippen LogP) is 5.58. The molecule has 0 radical (unpaired) electrons. The number of rotatable bonds is 6. The number of fused-ring (bicyclic) bond motifs is 1. The van der Waals surface area contributed by atoms with Gasteiger partial charge in [0.2, 0.25) is 0 Å². The highest BCUT2D eigenvalue weighted by atomic mass is 32.1. The monoisotopic (exact) mass is 388 g/mol. The van der Waals surface area contributed by atoms with Gasteiger partial charge in [-0.05, 0) is 73.2 Å². The van der Waals surface area contributed by atoms with E-state index in [0.717, 1.165) is 27.5 Å². The Morgan fingerprint density at radius 2 is 1.79 bits per heavy atom. The molecule has 0 aliphatic carbocycles. The number of aromatic nitrogens is 1. The number of Topliss-reactive ketones (excluding diaryl/α,β-unsaturated/α-hetero) is 1. The third-order valence-corrected chi connectivity index (χ3v) is 5.61. The number of anilines is 1. The van der Waals surface area contributed by atoms with E-state index in [2.05, 4.69) is 30.4 Å². The Morgan fingerprint density at radius 1 is 1.04 bits per heavy atom. The highest BCUT2D eigenvalue weighted by molar-refractivity contribution is 7.21. The molecule has 0 spiro atoms. The summed E-state index contributed by atoms with van der Waals surface area (Å²) >= 11 is 1.69. The van der Waals surface area contributed by atoms with Gasteiger partial charge in [0.05, 0.1) is 23.9 Å². The fourth-order valence-corrected chi connectivity index (χ4v) is 4.02. The van der Waals surface area contributed by atoms with E-state index in [0.29, 0.717) is 5.56 Å². The predicted molar refractivity (Wildman–Crippen MR) is 116 cm³/mol. The zero-order chi connectivity index (χ0) is 19.5. The van der Waals surface area contributed by atoms with Crippen molar-refractivity contribution in [1.82, 2.24) is 4.98 Å². The summed E-state index contributed by atoms with van der Waals surface area (Å²) in [6.07, 6.45) is 0. The molecule has 4 nitrogen and oxygen atoms in total. The molecule has 0 unspecified atom stereocenters. The number of methoxy groups -OCH3 is 1. The van der Waals surface area contributed by atoms with Crippen molar-refractivity contribution >= 4 is 33.0 Å². The summed E-state index contributed by atoms with van der Waals surface area (Å²) in [4.78, 5) is 17.0. The molecule has 1 N–H and O–H groups in total. The molecule has 0 atom stereocenters. The maximum atomic E-state index is 12.3. The normalized spacial score (nSPS) is 10.8. The van der Waals surface area contributed by atoms with E-state index in [-0.39, 0.29) is 12.3 Å². The SMILES string of the molecule is COc1ccc(C(=O)CNc2ccc(-c3nc4ccc(C)cc4s3)cc2)cc1. The molecular weight excluding hydrogens is 368 g/mol. The number of hydrogen-bond acceptors (Lipinski definition) is 5. The fourth-order valence-electron chi connectivity index (χ4n) is 2.95. The van der Waals surface area contributed by atoms with Crippen LogP contribution in [0.1, 0.15) is 15.9 Å². The summed E-state index contributed by atoms with van der Waals surface area (Å²) in [6.45, 7) is 2.33. The Balaban J connectivity index is 1.43. The molecule has 4 aromatic rings. The van der Waals surface area contributed by atoms with Crippen molar-refractivity contribution in [3.63, 3.8) is 0 Å². The van der Waals surface area contributed by atoms with Gasteiger partial charge in [-0.3, -0.25) is 4.79 Å². The smallest absolute Gasteiger partial charge is 0.181 e. The molecule has 0 aliphatic rings. The number of aryl methyl sites for hydroxylation is 1. The van der Waals surface area contributed by atoms with Gasteiger partial charge in [0, 0.05) is 16.8 Å².